The minimum absolute atomic E-state index is 0.00631. The smallest absolute Gasteiger partial charge is 0.251 e. The minimum Gasteiger partial charge on any atom is -0.352 e. The molecule has 1 saturated heterocycles. The van der Waals surface area contributed by atoms with Gasteiger partial charge in [-0.2, -0.15) is 4.31 Å². The quantitative estimate of drug-likeness (QED) is 0.803. The summed E-state index contributed by atoms with van der Waals surface area (Å²) in [6.45, 7) is 2.88. The summed E-state index contributed by atoms with van der Waals surface area (Å²) in [5.74, 6) is -0.556. The standard InChI is InChI=1S/C21H25FN2O3S/c1-16-4-2-3-15-24(16)28(26,27)20-11-7-18(8-12-20)21(25)23-14-13-17-5-9-19(22)10-6-17/h5-12,16H,2-4,13-15H2,1H3,(H,23,25)/t16-/m0/s1. The molecule has 0 bridgehead atoms. The number of rotatable bonds is 6. The van der Waals surface area contributed by atoms with Crippen LogP contribution >= 0.6 is 0 Å². The molecule has 28 heavy (non-hydrogen) atoms. The maximum Gasteiger partial charge on any atom is 0.251 e. The summed E-state index contributed by atoms with van der Waals surface area (Å²) < 4.78 is 40.1. The van der Waals surface area contributed by atoms with E-state index in [-0.39, 0.29) is 22.7 Å². The fourth-order valence-electron chi connectivity index (χ4n) is 3.42. The molecule has 0 unspecified atom stereocenters. The number of benzene rings is 2. The van der Waals surface area contributed by atoms with Crippen LogP contribution in [0.1, 0.15) is 42.1 Å². The van der Waals surface area contributed by atoms with Crippen LogP contribution in [-0.4, -0.2) is 37.8 Å². The van der Waals surface area contributed by atoms with Gasteiger partial charge in [-0.05, 0) is 68.1 Å². The van der Waals surface area contributed by atoms with Gasteiger partial charge in [0.1, 0.15) is 5.82 Å². The number of hydrogen-bond acceptors (Lipinski definition) is 3. The molecule has 5 nitrogen and oxygen atoms in total. The van der Waals surface area contributed by atoms with Crippen molar-refractivity contribution in [2.75, 3.05) is 13.1 Å². The molecule has 3 rings (SSSR count). The first-order valence-corrected chi connectivity index (χ1v) is 11.0. The number of nitrogens with one attached hydrogen (secondary N) is 1. The first-order valence-electron chi connectivity index (χ1n) is 9.52. The highest BCUT2D eigenvalue weighted by Crippen LogP contribution is 2.25. The van der Waals surface area contributed by atoms with Gasteiger partial charge in [0, 0.05) is 24.7 Å². The molecule has 0 saturated carbocycles. The lowest BCUT2D eigenvalue weighted by atomic mass is 10.1. The van der Waals surface area contributed by atoms with E-state index in [2.05, 4.69) is 5.32 Å². The van der Waals surface area contributed by atoms with Crippen LogP contribution in [0.25, 0.3) is 0 Å². The molecular formula is C21H25FN2O3S. The molecule has 1 N–H and O–H groups in total. The number of carbonyl (C=O) groups excluding carboxylic acids is 1. The molecule has 1 aliphatic heterocycles. The minimum atomic E-state index is -3.54. The van der Waals surface area contributed by atoms with Crippen molar-refractivity contribution in [2.45, 2.75) is 43.5 Å². The van der Waals surface area contributed by atoms with Crippen molar-refractivity contribution in [2.24, 2.45) is 0 Å². The van der Waals surface area contributed by atoms with Crippen molar-refractivity contribution >= 4 is 15.9 Å². The van der Waals surface area contributed by atoms with Crippen LogP contribution in [0.5, 0.6) is 0 Å². The maximum absolute atomic E-state index is 12.9. The zero-order valence-electron chi connectivity index (χ0n) is 15.9. The van der Waals surface area contributed by atoms with E-state index in [0.29, 0.717) is 25.1 Å². The number of halogens is 1. The lowest BCUT2D eigenvalue weighted by Gasteiger charge is -2.32. The molecule has 7 heteroatoms. The zero-order valence-corrected chi connectivity index (χ0v) is 16.7. The summed E-state index contributed by atoms with van der Waals surface area (Å²) in [4.78, 5) is 12.5. The third kappa shape index (κ3) is 4.77. The highest BCUT2D eigenvalue weighted by molar-refractivity contribution is 7.89. The van der Waals surface area contributed by atoms with Crippen molar-refractivity contribution in [1.29, 1.82) is 0 Å². The summed E-state index contributed by atoms with van der Waals surface area (Å²) >= 11 is 0. The first kappa shape index (κ1) is 20.5. The van der Waals surface area contributed by atoms with Gasteiger partial charge >= 0.3 is 0 Å². The Morgan fingerprint density at radius 1 is 1.11 bits per heavy atom. The van der Waals surface area contributed by atoms with Crippen LogP contribution in [0.2, 0.25) is 0 Å². The maximum atomic E-state index is 12.9. The van der Waals surface area contributed by atoms with Crippen molar-refractivity contribution < 1.29 is 17.6 Å². The van der Waals surface area contributed by atoms with E-state index in [1.807, 2.05) is 6.92 Å². The van der Waals surface area contributed by atoms with Gasteiger partial charge in [0.15, 0.2) is 0 Å². The molecule has 1 heterocycles. The molecule has 150 valence electrons. The van der Waals surface area contributed by atoms with Gasteiger partial charge in [-0.15, -0.1) is 0 Å². The normalized spacial score (nSPS) is 18.0. The Labute approximate surface area is 165 Å². The van der Waals surface area contributed by atoms with E-state index in [1.165, 1.54) is 36.4 Å². The Hall–Kier alpha value is -2.25. The van der Waals surface area contributed by atoms with Gasteiger partial charge in [0.2, 0.25) is 10.0 Å². The number of nitrogens with zero attached hydrogens (tertiary/aromatic N) is 1. The van der Waals surface area contributed by atoms with E-state index in [1.54, 1.807) is 16.4 Å². The predicted molar refractivity (Wildman–Crippen MR) is 106 cm³/mol. The van der Waals surface area contributed by atoms with Crippen LogP contribution in [0.4, 0.5) is 4.39 Å². The van der Waals surface area contributed by atoms with E-state index in [0.717, 1.165) is 24.8 Å². The second-order valence-electron chi connectivity index (χ2n) is 7.12. The number of carbonyl (C=O) groups is 1. The average molecular weight is 405 g/mol. The lowest BCUT2D eigenvalue weighted by molar-refractivity contribution is 0.0954. The molecule has 1 aliphatic rings. The molecule has 2 aromatic rings. The Kier molecular flexibility index (Phi) is 6.46. The summed E-state index contributed by atoms with van der Waals surface area (Å²) in [5.41, 5.74) is 1.34. The van der Waals surface area contributed by atoms with Crippen molar-refractivity contribution in [3.8, 4) is 0 Å². The molecule has 0 aromatic heterocycles. The lowest BCUT2D eigenvalue weighted by Crippen LogP contribution is -2.41. The summed E-state index contributed by atoms with van der Waals surface area (Å²) in [6, 6.07) is 12.2. The zero-order chi connectivity index (χ0) is 20.1. The van der Waals surface area contributed by atoms with E-state index < -0.39 is 10.0 Å². The van der Waals surface area contributed by atoms with Gasteiger partial charge in [-0.1, -0.05) is 18.6 Å². The number of sulfonamides is 1. The van der Waals surface area contributed by atoms with Crippen LogP contribution in [-0.2, 0) is 16.4 Å². The van der Waals surface area contributed by atoms with Crippen molar-refractivity contribution in [3.05, 3.63) is 65.5 Å². The fourth-order valence-corrected chi connectivity index (χ4v) is 5.12. The topological polar surface area (TPSA) is 66.5 Å². The molecular weight excluding hydrogens is 379 g/mol. The summed E-state index contributed by atoms with van der Waals surface area (Å²) in [7, 11) is -3.54. The van der Waals surface area contributed by atoms with Crippen molar-refractivity contribution in [1.82, 2.24) is 9.62 Å². The van der Waals surface area contributed by atoms with E-state index in [9.17, 15) is 17.6 Å². The summed E-state index contributed by atoms with van der Waals surface area (Å²) in [6.07, 6.45) is 3.38. The fraction of sp³-hybridized carbons (Fsp3) is 0.381. The first-order chi connectivity index (χ1) is 13.4. The molecule has 1 amide bonds. The predicted octanol–water partition coefficient (Wildman–Crippen LogP) is 3.36. The van der Waals surface area contributed by atoms with Gasteiger partial charge in [0.05, 0.1) is 4.90 Å². The molecule has 2 aromatic carbocycles. The van der Waals surface area contributed by atoms with Crippen LogP contribution in [0, 0.1) is 5.82 Å². The SMILES string of the molecule is C[C@H]1CCCCN1S(=O)(=O)c1ccc(C(=O)NCCc2ccc(F)cc2)cc1. The number of hydrogen-bond donors (Lipinski definition) is 1. The third-order valence-electron chi connectivity index (χ3n) is 5.08. The Morgan fingerprint density at radius 3 is 2.43 bits per heavy atom. The van der Waals surface area contributed by atoms with Crippen LogP contribution < -0.4 is 5.32 Å². The van der Waals surface area contributed by atoms with Gasteiger partial charge in [-0.3, -0.25) is 4.79 Å². The van der Waals surface area contributed by atoms with E-state index >= 15 is 0 Å². The molecule has 0 radical (unpaired) electrons. The monoisotopic (exact) mass is 404 g/mol. The summed E-state index contributed by atoms with van der Waals surface area (Å²) in [5, 5.41) is 2.80. The largest absolute Gasteiger partial charge is 0.352 e. The van der Waals surface area contributed by atoms with Gasteiger partial charge in [-0.25, -0.2) is 12.8 Å². The van der Waals surface area contributed by atoms with E-state index in [4.69, 9.17) is 0 Å². The van der Waals surface area contributed by atoms with Gasteiger partial charge < -0.3 is 5.32 Å². The molecule has 1 fully saturated rings. The Balaban J connectivity index is 1.60. The second-order valence-corrected chi connectivity index (χ2v) is 9.01. The highest BCUT2D eigenvalue weighted by atomic mass is 32.2. The Bertz CT molecular complexity index is 912. The Morgan fingerprint density at radius 2 is 1.79 bits per heavy atom. The number of piperidine rings is 1. The van der Waals surface area contributed by atoms with Gasteiger partial charge in [0.25, 0.3) is 5.91 Å². The van der Waals surface area contributed by atoms with Crippen LogP contribution in [0.15, 0.2) is 53.4 Å². The molecule has 0 aliphatic carbocycles. The average Bonchev–Trinajstić information content (AvgIpc) is 2.69. The number of amides is 1. The molecule has 0 spiro atoms. The van der Waals surface area contributed by atoms with Crippen molar-refractivity contribution in [3.63, 3.8) is 0 Å². The highest BCUT2D eigenvalue weighted by Gasteiger charge is 2.30. The van der Waals surface area contributed by atoms with Crippen LogP contribution in [0.3, 0.4) is 0 Å². The third-order valence-corrected chi connectivity index (χ3v) is 7.11. The second kappa shape index (κ2) is 8.84. The molecule has 1 atom stereocenters.